The Bertz CT molecular complexity index is 897. The maximum Gasteiger partial charge on any atom is 0.313 e. The van der Waals surface area contributed by atoms with Crippen LogP contribution < -0.4 is 0 Å². The van der Waals surface area contributed by atoms with E-state index < -0.39 is 46.6 Å². The summed E-state index contributed by atoms with van der Waals surface area (Å²) >= 11 is 0. The zero-order valence-electron chi connectivity index (χ0n) is 22.8. The molecule has 3 aliphatic heterocycles. The molecule has 1 spiro atoms. The number of nitrogens with zero attached hydrogens (tertiary/aromatic N) is 2. The third-order valence-electron chi connectivity index (χ3n) is 8.68. The summed E-state index contributed by atoms with van der Waals surface area (Å²) < 4.78 is 12.2. The lowest BCUT2D eigenvalue weighted by Crippen LogP contribution is -2.62. The van der Waals surface area contributed by atoms with Gasteiger partial charge in [-0.15, -0.1) is 6.58 Å². The number of carbonyl (C=O) groups is 3. The summed E-state index contributed by atoms with van der Waals surface area (Å²) in [7, 11) is 0. The average Bonchev–Trinajstić information content (AvgIpc) is 3.44. The van der Waals surface area contributed by atoms with Gasteiger partial charge in [0.15, 0.2) is 0 Å². The molecule has 202 valence electrons. The number of aliphatic hydroxyl groups is 1. The van der Waals surface area contributed by atoms with E-state index >= 15 is 0 Å². The Morgan fingerprint density at radius 2 is 1.94 bits per heavy atom. The summed E-state index contributed by atoms with van der Waals surface area (Å²) in [5.41, 5.74) is -2.56. The molecule has 0 aliphatic carbocycles. The normalized spacial score (nSPS) is 32.7. The number of fused-ring (bicyclic) bond motifs is 1. The van der Waals surface area contributed by atoms with Gasteiger partial charge in [0.2, 0.25) is 11.8 Å². The molecule has 0 saturated carbocycles. The van der Waals surface area contributed by atoms with Gasteiger partial charge in [-0.1, -0.05) is 45.9 Å². The minimum Gasteiger partial charge on any atom is -0.461 e. The molecule has 36 heavy (non-hydrogen) atoms. The van der Waals surface area contributed by atoms with Crippen LogP contribution in [0.3, 0.4) is 0 Å². The summed E-state index contributed by atoms with van der Waals surface area (Å²) in [4.78, 5) is 45.4. The smallest absolute Gasteiger partial charge is 0.313 e. The Morgan fingerprint density at radius 1 is 1.28 bits per heavy atom. The SMILES string of the molecule is C=CCOC(=O)[C@H]1[C@H]2C(=O)N([C@@H](CO)[C@@H](C)CC)C(C(=O)N(CC=C)C(C)(C)C)C23CC[C@]1(CC)O3. The zero-order chi connectivity index (χ0) is 27.1. The first-order valence-electron chi connectivity index (χ1n) is 13.2. The molecule has 3 aliphatic rings. The van der Waals surface area contributed by atoms with Gasteiger partial charge in [-0.2, -0.15) is 0 Å². The van der Waals surface area contributed by atoms with Gasteiger partial charge in [0, 0.05) is 12.1 Å². The quantitative estimate of drug-likeness (QED) is 0.343. The van der Waals surface area contributed by atoms with Crippen molar-refractivity contribution >= 4 is 17.8 Å². The Morgan fingerprint density at radius 3 is 2.44 bits per heavy atom. The van der Waals surface area contributed by atoms with E-state index in [1.807, 2.05) is 41.5 Å². The number of likely N-dealkylation sites (tertiary alicyclic amines) is 1. The van der Waals surface area contributed by atoms with E-state index in [4.69, 9.17) is 9.47 Å². The summed E-state index contributed by atoms with van der Waals surface area (Å²) in [6.45, 7) is 19.3. The van der Waals surface area contributed by atoms with Crippen LogP contribution in [0.1, 0.15) is 67.2 Å². The highest BCUT2D eigenvalue weighted by molar-refractivity contribution is 5.99. The van der Waals surface area contributed by atoms with Crippen LogP contribution in [0.4, 0.5) is 0 Å². The fourth-order valence-corrected chi connectivity index (χ4v) is 6.67. The molecule has 3 saturated heterocycles. The second-order valence-corrected chi connectivity index (χ2v) is 11.5. The van der Waals surface area contributed by atoms with Crippen molar-refractivity contribution in [3.8, 4) is 0 Å². The maximum atomic E-state index is 14.4. The molecular weight excluding hydrogens is 460 g/mol. The predicted molar refractivity (Wildman–Crippen MR) is 137 cm³/mol. The fourth-order valence-electron chi connectivity index (χ4n) is 6.67. The monoisotopic (exact) mass is 504 g/mol. The lowest BCUT2D eigenvalue weighted by Gasteiger charge is -2.44. The lowest BCUT2D eigenvalue weighted by atomic mass is 9.65. The van der Waals surface area contributed by atoms with Gasteiger partial charge in [0.25, 0.3) is 0 Å². The average molecular weight is 505 g/mol. The number of hydrogen-bond acceptors (Lipinski definition) is 6. The molecule has 0 radical (unpaired) electrons. The number of hydrogen-bond donors (Lipinski definition) is 1. The number of aliphatic hydroxyl groups excluding tert-OH is 1. The largest absolute Gasteiger partial charge is 0.461 e. The van der Waals surface area contributed by atoms with Crippen LogP contribution in [0.2, 0.25) is 0 Å². The van der Waals surface area contributed by atoms with Gasteiger partial charge in [-0.05, 0) is 46.0 Å². The first-order chi connectivity index (χ1) is 16.9. The second kappa shape index (κ2) is 10.3. The van der Waals surface area contributed by atoms with E-state index in [2.05, 4.69) is 13.2 Å². The van der Waals surface area contributed by atoms with Crippen LogP contribution in [-0.2, 0) is 23.9 Å². The highest BCUT2D eigenvalue weighted by Gasteiger charge is 2.79. The zero-order valence-corrected chi connectivity index (χ0v) is 22.8. The molecule has 1 N–H and O–H groups in total. The van der Waals surface area contributed by atoms with Crippen molar-refractivity contribution < 1.29 is 29.0 Å². The molecule has 8 heteroatoms. The molecule has 0 aromatic carbocycles. The first kappa shape index (κ1) is 28.4. The van der Waals surface area contributed by atoms with Crippen LogP contribution in [-0.4, -0.2) is 81.3 Å². The standard InChI is InChI=1S/C28H44N2O6/c1-9-15-29(26(6,7)8)24(33)22-28-14-13-27(12-4,36-28)21(25(34)35-16-10-2)20(28)23(32)30(22)19(17-31)18(5)11-3/h9-10,18-22,31H,1-2,11-17H2,3-8H3/t18-,19-,20-,21+,22?,27-,28?/m0/s1. The Balaban J connectivity index is 2.21. The van der Waals surface area contributed by atoms with Gasteiger partial charge >= 0.3 is 5.97 Å². The number of carbonyl (C=O) groups excluding carboxylic acids is 3. The van der Waals surface area contributed by atoms with E-state index in [0.717, 1.165) is 0 Å². The third kappa shape index (κ3) is 4.20. The minimum atomic E-state index is -1.16. The van der Waals surface area contributed by atoms with E-state index in [1.54, 1.807) is 15.9 Å². The van der Waals surface area contributed by atoms with Gasteiger partial charge in [-0.25, -0.2) is 0 Å². The Kier molecular flexibility index (Phi) is 8.11. The highest BCUT2D eigenvalue weighted by atomic mass is 16.6. The lowest BCUT2D eigenvalue weighted by molar-refractivity contribution is -0.165. The molecule has 2 bridgehead atoms. The van der Waals surface area contributed by atoms with E-state index in [0.29, 0.717) is 32.2 Å². The van der Waals surface area contributed by atoms with Gasteiger partial charge in [0.1, 0.15) is 24.2 Å². The summed E-state index contributed by atoms with van der Waals surface area (Å²) in [5.74, 6) is -2.77. The van der Waals surface area contributed by atoms with Crippen LogP contribution >= 0.6 is 0 Å². The van der Waals surface area contributed by atoms with Crippen molar-refractivity contribution in [3.63, 3.8) is 0 Å². The van der Waals surface area contributed by atoms with Crippen LogP contribution in [0.15, 0.2) is 25.3 Å². The minimum absolute atomic E-state index is 0.0401. The number of esters is 1. The third-order valence-corrected chi connectivity index (χ3v) is 8.68. The van der Waals surface area contributed by atoms with Crippen LogP contribution in [0, 0.1) is 17.8 Å². The Hall–Kier alpha value is -2.19. The molecule has 8 nitrogen and oxygen atoms in total. The molecule has 3 rings (SSSR count). The van der Waals surface area contributed by atoms with E-state index in [9.17, 15) is 19.5 Å². The van der Waals surface area contributed by atoms with Crippen molar-refractivity contribution in [2.45, 2.75) is 96.1 Å². The summed E-state index contributed by atoms with van der Waals surface area (Å²) in [6.07, 6.45) is 5.46. The second-order valence-electron chi connectivity index (χ2n) is 11.5. The topological polar surface area (TPSA) is 96.4 Å². The molecule has 2 amide bonds. The van der Waals surface area contributed by atoms with Gasteiger partial charge < -0.3 is 24.4 Å². The number of rotatable bonds is 11. The van der Waals surface area contributed by atoms with Crippen molar-refractivity contribution in [1.29, 1.82) is 0 Å². The van der Waals surface area contributed by atoms with Crippen molar-refractivity contribution in [2.75, 3.05) is 19.8 Å². The van der Waals surface area contributed by atoms with Gasteiger partial charge in [0.05, 0.1) is 24.2 Å². The molecule has 7 atom stereocenters. The van der Waals surface area contributed by atoms with Crippen LogP contribution in [0.25, 0.3) is 0 Å². The van der Waals surface area contributed by atoms with E-state index in [-0.39, 0.29) is 30.9 Å². The van der Waals surface area contributed by atoms with Crippen molar-refractivity contribution in [1.82, 2.24) is 9.80 Å². The molecule has 0 aromatic heterocycles. The van der Waals surface area contributed by atoms with Gasteiger partial charge in [-0.3, -0.25) is 14.4 Å². The first-order valence-corrected chi connectivity index (χ1v) is 13.2. The summed E-state index contributed by atoms with van der Waals surface area (Å²) in [5, 5.41) is 10.4. The fraction of sp³-hybridized carbons (Fsp3) is 0.750. The highest BCUT2D eigenvalue weighted by Crippen LogP contribution is 2.65. The Labute approximate surface area is 215 Å². The maximum absolute atomic E-state index is 14.4. The molecule has 2 unspecified atom stereocenters. The molecule has 0 aromatic rings. The van der Waals surface area contributed by atoms with Crippen molar-refractivity contribution in [2.24, 2.45) is 17.8 Å². The predicted octanol–water partition coefficient (Wildman–Crippen LogP) is 3.09. The molecular formula is C28H44N2O6. The number of amides is 2. The number of ether oxygens (including phenoxy) is 2. The van der Waals surface area contributed by atoms with E-state index in [1.165, 1.54) is 6.08 Å². The van der Waals surface area contributed by atoms with Crippen molar-refractivity contribution in [3.05, 3.63) is 25.3 Å². The van der Waals surface area contributed by atoms with Crippen LogP contribution in [0.5, 0.6) is 0 Å². The molecule has 3 heterocycles. The summed E-state index contributed by atoms with van der Waals surface area (Å²) in [6, 6.07) is -1.53. The molecule has 3 fully saturated rings.